The number of para-hydroxylation sites is 1. The molecule has 2 amide bonds. The van der Waals surface area contributed by atoms with Gasteiger partial charge >= 0.3 is 0 Å². The van der Waals surface area contributed by atoms with Gasteiger partial charge in [-0.25, -0.2) is 0 Å². The maximum atomic E-state index is 13.3. The second-order valence-electron chi connectivity index (χ2n) is 8.99. The fraction of sp³-hybridized carbons (Fsp3) is 0.462. The molecule has 2 aromatic carbocycles. The predicted molar refractivity (Wildman–Crippen MR) is 135 cm³/mol. The molecule has 0 saturated carbocycles. The van der Waals surface area contributed by atoms with Crippen LogP contribution in [0.25, 0.3) is 0 Å². The summed E-state index contributed by atoms with van der Waals surface area (Å²) in [7, 11) is 0. The van der Waals surface area contributed by atoms with Crippen molar-refractivity contribution >= 4 is 23.6 Å². The van der Waals surface area contributed by atoms with Gasteiger partial charge in [0.1, 0.15) is 11.8 Å². The van der Waals surface area contributed by atoms with E-state index < -0.39 is 6.04 Å². The van der Waals surface area contributed by atoms with E-state index in [1.165, 1.54) is 0 Å². The summed E-state index contributed by atoms with van der Waals surface area (Å²) in [5, 5.41) is 18.9. The smallest absolute Gasteiger partial charge is 0.258 e. The topological polar surface area (TPSA) is 99.7 Å². The molecule has 1 aliphatic rings. The Morgan fingerprint density at radius 3 is 2.38 bits per heavy atom. The van der Waals surface area contributed by atoms with E-state index in [-0.39, 0.29) is 47.1 Å². The zero-order chi connectivity index (χ0) is 24.6. The van der Waals surface area contributed by atoms with Crippen LogP contribution in [-0.4, -0.2) is 52.3 Å². The number of nitrogens with one attached hydrogen (secondary N) is 3. The van der Waals surface area contributed by atoms with Gasteiger partial charge in [-0.3, -0.25) is 14.9 Å². The van der Waals surface area contributed by atoms with E-state index in [9.17, 15) is 14.7 Å². The molecule has 0 bridgehead atoms. The van der Waals surface area contributed by atoms with Gasteiger partial charge in [-0.05, 0) is 43.9 Å². The number of carbonyl (C=O) groups is 2. The molecule has 1 heterocycles. The van der Waals surface area contributed by atoms with Crippen LogP contribution in [0.3, 0.4) is 0 Å². The van der Waals surface area contributed by atoms with Crippen LogP contribution in [0.4, 0.5) is 0 Å². The first-order valence-corrected chi connectivity index (χ1v) is 12.6. The van der Waals surface area contributed by atoms with Crippen molar-refractivity contribution in [3.05, 3.63) is 66.2 Å². The second-order valence-corrected chi connectivity index (χ2v) is 10.8. The fourth-order valence-electron chi connectivity index (χ4n) is 4.20. The Kier molecular flexibility index (Phi) is 9.38. The number of thioether (sulfide) groups is 1. The molecule has 0 aliphatic carbocycles. The molecular weight excluding hydrogens is 450 g/mol. The van der Waals surface area contributed by atoms with E-state index in [1.54, 1.807) is 23.9 Å². The Balaban J connectivity index is 1.71. The predicted octanol–water partition coefficient (Wildman–Crippen LogP) is 2.69. The van der Waals surface area contributed by atoms with E-state index in [1.807, 2.05) is 55.5 Å². The minimum absolute atomic E-state index is 0.000561. The van der Waals surface area contributed by atoms with Crippen LogP contribution in [0.15, 0.2) is 60.7 Å². The van der Waals surface area contributed by atoms with Crippen LogP contribution in [0.1, 0.15) is 32.8 Å². The zero-order valence-corrected chi connectivity index (χ0v) is 20.8. The lowest BCUT2D eigenvalue weighted by Crippen LogP contribution is -2.57. The molecule has 3 rings (SSSR count). The lowest BCUT2D eigenvalue weighted by Gasteiger charge is -2.31. The van der Waals surface area contributed by atoms with Gasteiger partial charge in [0.05, 0.1) is 5.37 Å². The summed E-state index contributed by atoms with van der Waals surface area (Å²) < 4.78 is 5.35. The largest absolute Gasteiger partial charge is 0.484 e. The van der Waals surface area contributed by atoms with Gasteiger partial charge in [0, 0.05) is 23.9 Å². The number of ether oxygens (including phenoxy) is 1. The molecule has 184 valence electrons. The Morgan fingerprint density at radius 2 is 1.76 bits per heavy atom. The maximum Gasteiger partial charge on any atom is 0.258 e. The van der Waals surface area contributed by atoms with Crippen LogP contribution >= 0.6 is 11.8 Å². The fourth-order valence-corrected chi connectivity index (χ4v) is 5.81. The van der Waals surface area contributed by atoms with Gasteiger partial charge in [0.2, 0.25) is 5.91 Å². The molecular formula is C26H35N3O4S. The Morgan fingerprint density at radius 1 is 1.12 bits per heavy atom. The number of amides is 2. The normalized spacial score (nSPS) is 20.8. The van der Waals surface area contributed by atoms with Gasteiger partial charge in [-0.1, -0.05) is 55.5 Å². The van der Waals surface area contributed by atoms with Crippen LogP contribution in [-0.2, 0) is 16.1 Å². The van der Waals surface area contributed by atoms with E-state index in [0.29, 0.717) is 12.3 Å². The molecule has 1 fully saturated rings. The number of rotatable bonds is 11. The number of aliphatic hydroxyl groups is 1. The summed E-state index contributed by atoms with van der Waals surface area (Å²) in [6, 6.07) is 17.9. The summed E-state index contributed by atoms with van der Waals surface area (Å²) in [5.41, 5.74) is 0.977. The molecule has 8 heteroatoms. The van der Waals surface area contributed by atoms with Gasteiger partial charge in [-0.15, -0.1) is 11.8 Å². The highest BCUT2D eigenvalue weighted by molar-refractivity contribution is 8.01. The van der Waals surface area contributed by atoms with Crippen molar-refractivity contribution in [1.82, 2.24) is 16.0 Å². The summed E-state index contributed by atoms with van der Waals surface area (Å²) >= 11 is 1.61. The van der Waals surface area contributed by atoms with E-state index >= 15 is 0 Å². The van der Waals surface area contributed by atoms with Crippen molar-refractivity contribution in [2.45, 2.75) is 55.9 Å². The number of hydrogen-bond donors (Lipinski definition) is 4. The molecule has 34 heavy (non-hydrogen) atoms. The van der Waals surface area contributed by atoms with Crippen LogP contribution in [0.5, 0.6) is 5.75 Å². The molecule has 2 aromatic rings. The SMILES string of the molecule is CC[C@@H](CO)[C@@H]1N[C@@H](C(NC(=O)COc2ccccc2)C(=O)NCc2ccccc2)SC1(C)C. The van der Waals surface area contributed by atoms with Crippen molar-refractivity contribution < 1.29 is 19.4 Å². The standard InChI is InChI=1S/C26H35N3O4S/c1-4-19(16-30)23-26(2,3)34-25(29-23)22(24(32)27-15-18-11-7-5-8-12-18)28-21(31)17-33-20-13-9-6-10-14-20/h5-14,19,22-23,25,29-30H,4,15-17H2,1-3H3,(H,27,32)(H,28,31)/t19-,22?,23-,25+/m0/s1. The average molecular weight is 486 g/mol. The highest BCUT2D eigenvalue weighted by Crippen LogP contribution is 2.42. The lowest BCUT2D eigenvalue weighted by atomic mass is 9.88. The molecule has 0 spiro atoms. The Labute approximate surface area is 206 Å². The quantitative estimate of drug-likeness (QED) is 0.391. The van der Waals surface area contributed by atoms with Gasteiger partial charge in [-0.2, -0.15) is 0 Å². The summed E-state index contributed by atoms with van der Waals surface area (Å²) in [6.07, 6.45) is 0.813. The molecule has 7 nitrogen and oxygen atoms in total. The summed E-state index contributed by atoms with van der Waals surface area (Å²) in [4.78, 5) is 26.0. The molecule has 1 unspecified atom stereocenters. The minimum Gasteiger partial charge on any atom is -0.484 e. The third kappa shape index (κ3) is 6.98. The van der Waals surface area contributed by atoms with Gasteiger partial charge in [0.25, 0.3) is 5.91 Å². The van der Waals surface area contributed by atoms with Crippen molar-refractivity contribution in [2.24, 2.45) is 5.92 Å². The van der Waals surface area contributed by atoms with E-state index in [4.69, 9.17) is 4.74 Å². The third-order valence-corrected chi connectivity index (χ3v) is 7.60. The van der Waals surface area contributed by atoms with Crippen LogP contribution in [0, 0.1) is 5.92 Å². The molecule has 1 saturated heterocycles. The second kappa shape index (κ2) is 12.2. The van der Waals surface area contributed by atoms with E-state index in [0.717, 1.165) is 12.0 Å². The van der Waals surface area contributed by atoms with Crippen molar-refractivity contribution in [3.8, 4) is 5.75 Å². The molecule has 4 atom stereocenters. The first kappa shape index (κ1) is 26.1. The monoisotopic (exact) mass is 485 g/mol. The summed E-state index contributed by atoms with van der Waals surface area (Å²) in [5.74, 6) is 0.000605. The highest BCUT2D eigenvalue weighted by atomic mass is 32.2. The molecule has 4 N–H and O–H groups in total. The van der Waals surface area contributed by atoms with Crippen molar-refractivity contribution in [1.29, 1.82) is 0 Å². The number of aliphatic hydroxyl groups excluding tert-OH is 1. The van der Waals surface area contributed by atoms with Crippen molar-refractivity contribution in [2.75, 3.05) is 13.2 Å². The lowest BCUT2D eigenvalue weighted by molar-refractivity contribution is -0.130. The van der Waals surface area contributed by atoms with Crippen molar-refractivity contribution in [3.63, 3.8) is 0 Å². The number of hydrogen-bond acceptors (Lipinski definition) is 6. The number of benzene rings is 2. The Bertz CT molecular complexity index is 922. The van der Waals surface area contributed by atoms with Crippen LogP contribution < -0.4 is 20.7 Å². The van der Waals surface area contributed by atoms with E-state index in [2.05, 4.69) is 29.8 Å². The molecule has 1 aliphatic heterocycles. The maximum absolute atomic E-state index is 13.3. The third-order valence-electron chi connectivity index (χ3n) is 6.08. The first-order valence-electron chi connectivity index (χ1n) is 11.7. The van der Waals surface area contributed by atoms with Gasteiger partial charge < -0.3 is 20.5 Å². The first-order chi connectivity index (χ1) is 16.3. The average Bonchev–Trinajstić information content (AvgIpc) is 3.16. The summed E-state index contributed by atoms with van der Waals surface area (Å²) in [6.45, 7) is 6.49. The molecule has 0 aromatic heterocycles. The van der Waals surface area contributed by atoms with Gasteiger partial charge in [0.15, 0.2) is 6.61 Å². The Hall–Kier alpha value is -2.55. The van der Waals surface area contributed by atoms with Crippen LogP contribution in [0.2, 0.25) is 0 Å². The number of carbonyl (C=O) groups excluding carboxylic acids is 2. The highest BCUT2D eigenvalue weighted by Gasteiger charge is 2.48. The zero-order valence-electron chi connectivity index (χ0n) is 20.0. The minimum atomic E-state index is -0.805. The molecule has 0 radical (unpaired) electrons.